The van der Waals surface area contributed by atoms with Gasteiger partial charge >= 0.3 is 0 Å². The number of carbonyl (C=O) groups excluding carboxylic acids is 1. The Morgan fingerprint density at radius 3 is 2.85 bits per heavy atom. The Bertz CT molecular complexity index is 948. The predicted octanol–water partition coefficient (Wildman–Crippen LogP) is 4.26. The maximum absolute atomic E-state index is 13.9. The molecule has 0 radical (unpaired) electrons. The van der Waals surface area contributed by atoms with E-state index in [1.54, 1.807) is 23.0 Å². The zero-order valence-electron chi connectivity index (χ0n) is 14.1. The normalized spacial score (nSPS) is 11.0. The number of benzene rings is 1. The summed E-state index contributed by atoms with van der Waals surface area (Å²) in [6, 6.07) is 4.51. The van der Waals surface area contributed by atoms with Crippen molar-refractivity contribution in [3.05, 3.63) is 62.7 Å². The van der Waals surface area contributed by atoms with Gasteiger partial charge in [-0.25, -0.2) is 4.39 Å². The molecule has 0 saturated carbocycles. The van der Waals surface area contributed by atoms with Crippen LogP contribution in [-0.4, -0.2) is 25.5 Å². The highest BCUT2D eigenvalue weighted by Gasteiger charge is 2.17. The van der Waals surface area contributed by atoms with Crippen LogP contribution >= 0.6 is 27.5 Å². The first kappa shape index (κ1) is 18.6. The zero-order chi connectivity index (χ0) is 18.8. The van der Waals surface area contributed by atoms with Gasteiger partial charge in [0.05, 0.1) is 22.8 Å². The molecule has 9 heteroatoms. The SMILES string of the molecule is CCn1ncc(C(=O)Nc2nn(Cc3c(F)cccc3Cl)cc2Br)c1C. The molecule has 2 aromatic heterocycles. The van der Waals surface area contributed by atoms with Crippen molar-refractivity contribution < 1.29 is 9.18 Å². The van der Waals surface area contributed by atoms with Crippen LogP contribution in [0.15, 0.2) is 35.1 Å². The molecule has 0 aliphatic heterocycles. The molecule has 26 heavy (non-hydrogen) atoms. The summed E-state index contributed by atoms with van der Waals surface area (Å²) in [4.78, 5) is 12.5. The van der Waals surface area contributed by atoms with Crippen LogP contribution < -0.4 is 5.32 Å². The van der Waals surface area contributed by atoms with Crippen molar-refractivity contribution in [3.63, 3.8) is 0 Å². The summed E-state index contributed by atoms with van der Waals surface area (Å²) < 4.78 is 17.8. The molecule has 0 bridgehead atoms. The molecular formula is C17H16BrClFN5O. The van der Waals surface area contributed by atoms with Crippen LogP contribution in [0.25, 0.3) is 0 Å². The van der Waals surface area contributed by atoms with E-state index in [1.165, 1.54) is 16.9 Å². The van der Waals surface area contributed by atoms with Crippen LogP contribution in [-0.2, 0) is 13.1 Å². The molecule has 0 saturated heterocycles. The first-order chi connectivity index (χ1) is 12.4. The van der Waals surface area contributed by atoms with Crippen LogP contribution in [0.4, 0.5) is 10.2 Å². The highest BCUT2D eigenvalue weighted by Crippen LogP contribution is 2.24. The summed E-state index contributed by atoms with van der Waals surface area (Å²) >= 11 is 9.41. The molecule has 1 amide bonds. The highest BCUT2D eigenvalue weighted by atomic mass is 79.9. The van der Waals surface area contributed by atoms with Crippen LogP contribution in [0.1, 0.15) is 28.5 Å². The second-order valence-electron chi connectivity index (χ2n) is 5.64. The lowest BCUT2D eigenvalue weighted by molar-refractivity contribution is 0.102. The van der Waals surface area contributed by atoms with Crippen LogP contribution in [0.5, 0.6) is 0 Å². The molecule has 0 spiro atoms. The molecule has 3 aromatic rings. The van der Waals surface area contributed by atoms with E-state index in [2.05, 4.69) is 31.4 Å². The van der Waals surface area contributed by atoms with Crippen LogP contribution in [0.2, 0.25) is 5.02 Å². The van der Waals surface area contributed by atoms with Crippen molar-refractivity contribution in [1.82, 2.24) is 19.6 Å². The number of rotatable bonds is 5. The molecule has 0 aliphatic carbocycles. The summed E-state index contributed by atoms with van der Waals surface area (Å²) in [6.07, 6.45) is 3.18. The van der Waals surface area contributed by atoms with Gasteiger partial charge in [-0.05, 0) is 41.9 Å². The van der Waals surface area contributed by atoms with Gasteiger partial charge in [0.1, 0.15) is 5.82 Å². The number of aromatic nitrogens is 4. The van der Waals surface area contributed by atoms with Crippen molar-refractivity contribution in [2.45, 2.75) is 26.9 Å². The quantitative estimate of drug-likeness (QED) is 0.644. The van der Waals surface area contributed by atoms with Crippen molar-refractivity contribution in [2.75, 3.05) is 5.32 Å². The number of halogens is 3. The molecular weight excluding hydrogens is 425 g/mol. The summed E-state index contributed by atoms with van der Waals surface area (Å²) in [5.74, 6) is -0.375. The number of nitrogens with zero attached hydrogens (tertiary/aromatic N) is 4. The summed E-state index contributed by atoms with van der Waals surface area (Å²) in [5, 5.41) is 11.5. The average Bonchev–Trinajstić information content (AvgIpc) is 3.13. The maximum Gasteiger partial charge on any atom is 0.260 e. The van der Waals surface area contributed by atoms with Crippen molar-refractivity contribution in [1.29, 1.82) is 0 Å². The first-order valence-corrected chi connectivity index (χ1v) is 9.07. The number of hydrogen-bond donors (Lipinski definition) is 1. The topological polar surface area (TPSA) is 64.7 Å². The number of nitrogens with one attached hydrogen (secondary N) is 1. The van der Waals surface area contributed by atoms with Gasteiger partial charge in [-0.1, -0.05) is 17.7 Å². The summed E-state index contributed by atoms with van der Waals surface area (Å²) in [6.45, 7) is 4.61. The molecule has 0 unspecified atom stereocenters. The summed E-state index contributed by atoms with van der Waals surface area (Å²) in [5.41, 5.74) is 1.59. The van der Waals surface area contributed by atoms with Gasteiger partial charge in [0, 0.05) is 29.0 Å². The molecule has 1 aromatic carbocycles. The Balaban J connectivity index is 1.80. The number of hydrogen-bond acceptors (Lipinski definition) is 3. The molecule has 3 rings (SSSR count). The fourth-order valence-corrected chi connectivity index (χ4v) is 3.21. The first-order valence-electron chi connectivity index (χ1n) is 7.90. The second kappa shape index (κ2) is 7.59. The number of anilines is 1. The summed E-state index contributed by atoms with van der Waals surface area (Å²) in [7, 11) is 0. The van der Waals surface area contributed by atoms with Gasteiger partial charge in [0.15, 0.2) is 5.82 Å². The average molecular weight is 441 g/mol. The Hall–Kier alpha value is -2.19. The lowest BCUT2D eigenvalue weighted by Crippen LogP contribution is -2.14. The van der Waals surface area contributed by atoms with E-state index in [4.69, 9.17) is 11.6 Å². The molecule has 136 valence electrons. The number of aryl methyl sites for hydroxylation is 1. The van der Waals surface area contributed by atoms with Crippen molar-refractivity contribution >= 4 is 39.3 Å². The van der Waals surface area contributed by atoms with Crippen molar-refractivity contribution in [2.24, 2.45) is 0 Å². The van der Waals surface area contributed by atoms with E-state index in [0.29, 0.717) is 33.0 Å². The van der Waals surface area contributed by atoms with Gasteiger partial charge < -0.3 is 5.32 Å². The lowest BCUT2D eigenvalue weighted by Gasteiger charge is -2.06. The molecule has 0 atom stereocenters. The molecule has 2 heterocycles. The maximum atomic E-state index is 13.9. The smallest absolute Gasteiger partial charge is 0.260 e. The monoisotopic (exact) mass is 439 g/mol. The molecule has 1 N–H and O–H groups in total. The number of amides is 1. The fourth-order valence-electron chi connectivity index (χ4n) is 2.57. The highest BCUT2D eigenvalue weighted by molar-refractivity contribution is 9.10. The Morgan fingerprint density at radius 1 is 1.42 bits per heavy atom. The molecule has 6 nitrogen and oxygen atoms in total. The Kier molecular flexibility index (Phi) is 5.43. The predicted molar refractivity (Wildman–Crippen MR) is 101 cm³/mol. The fraction of sp³-hybridized carbons (Fsp3) is 0.235. The lowest BCUT2D eigenvalue weighted by atomic mass is 10.2. The van der Waals surface area contributed by atoms with Gasteiger partial charge in [0.2, 0.25) is 0 Å². The third-order valence-electron chi connectivity index (χ3n) is 3.98. The third-order valence-corrected chi connectivity index (χ3v) is 4.91. The standard InChI is InChI=1S/C17H16BrClFN5O/c1-3-25-10(2)11(7-21-25)17(26)22-16-13(18)9-24(23-16)8-12-14(19)5-4-6-15(12)20/h4-7,9H,3,8H2,1-2H3,(H,22,23,26). The van der Waals surface area contributed by atoms with Gasteiger partial charge in [0.25, 0.3) is 5.91 Å². The van der Waals surface area contributed by atoms with Gasteiger partial charge in [-0.2, -0.15) is 10.2 Å². The largest absolute Gasteiger partial charge is 0.304 e. The molecule has 0 aliphatic rings. The Labute approximate surface area is 163 Å². The van der Waals surface area contributed by atoms with Gasteiger partial charge in [-0.15, -0.1) is 0 Å². The van der Waals surface area contributed by atoms with Crippen molar-refractivity contribution in [3.8, 4) is 0 Å². The Morgan fingerprint density at radius 2 is 2.19 bits per heavy atom. The zero-order valence-corrected chi connectivity index (χ0v) is 16.5. The molecule has 0 fully saturated rings. The van der Waals surface area contributed by atoms with E-state index >= 15 is 0 Å². The minimum Gasteiger partial charge on any atom is -0.304 e. The van der Waals surface area contributed by atoms with Crippen LogP contribution in [0.3, 0.4) is 0 Å². The third kappa shape index (κ3) is 3.66. The minimum atomic E-state index is -0.405. The van der Waals surface area contributed by atoms with E-state index in [1.807, 2.05) is 13.8 Å². The van der Waals surface area contributed by atoms with E-state index in [-0.39, 0.29) is 12.5 Å². The van der Waals surface area contributed by atoms with E-state index in [0.717, 1.165) is 5.69 Å². The number of carbonyl (C=O) groups is 1. The minimum absolute atomic E-state index is 0.146. The van der Waals surface area contributed by atoms with Crippen LogP contribution in [0, 0.1) is 12.7 Å². The van der Waals surface area contributed by atoms with Gasteiger partial charge in [-0.3, -0.25) is 14.2 Å². The van der Waals surface area contributed by atoms with E-state index in [9.17, 15) is 9.18 Å². The second-order valence-corrected chi connectivity index (χ2v) is 6.90. The van der Waals surface area contributed by atoms with E-state index < -0.39 is 5.82 Å².